The first kappa shape index (κ1) is 17.4. The van der Waals surface area contributed by atoms with Crippen molar-refractivity contribution in [2.24, 2.45) is 5.92 Å². The van der Waals surface area contributed by atoms with Gasteiger partial charge in [0.05, 0.1) is 6.04 Å². The third-order valence-corrected chi connectivity index (χ3v) is 5.50. The molecule has 24 heavy (non-hydrogen) atoms. The third kappa shape index (κ3) is 4.14. The number of rotatable bonds is 2. The van der Waals surface area contributed by atoms with E-state index in [1.54, 1.807) is 4.90 Å². The van der Waals surface area contributed by atoms with Gasteiger partial charge in [-0.05, 0) is 71.6 Å². The first-order valence-corrected chi connectivity index (χ1v) is 9.22. The van der Waals surface area contributed by atoms with E-state index in [0.717, 1.165) is 31.6 Å². The van der Waals surface area contributed by atoms with Gasteiger partial charge in [-0.2, -0.15) is 0 Å². The van der Waals surface area contributed by atoms with Crippen LogP contribution in [0.1, 0.15) is 65.7 Å². The molecule has 6 heteroatoms. The zero-order valence-corrected chi connectivity index (χ0v) is 15.1. The van der Waals surface area contributed by atoms with Gasteiger partial charge in [0, 0.05) is 13.1 Å². The Morgan fingerprint density at radius 2 is 1.71 bits per heavy atom. The number of hydrogen-bond acceptors (Lipinski definition) is 4. The highest BCUT2D eigenvalue weighted by Crippen LogP contribution is 2.46. The van der Waals surface area contributed by atoms with Crippen LogP contribution in [0.3, 0.4) is 0 Å². The monoisotopic (exact) mass is 338 g/mol. The lowest BCUT2D eigenvalue weighted by Crippen LogP contribution is -2.47. The second-order valence-electron chi connectivity index (χ2n) is 8.61. The Morgan fingerprint density at radius 1 is 1.08 bits per heavy atom. The summed E-state index contributed by atoms with van der Waals surface area (Å²) in [6, 6.07) is -0.0630. The lowest BCUT2D eigenvalue weighted by atomic mass is 9.68. The van der Waals surface area contributed by atoms with Crippen molar-refractivity contribution in [1.29, 1.82) is 0 Å². The second kappa shape index (κ2) is 6.45. The quantitative estimate of drug-likeness (QED) is 0.837. The normalized spacial score (nSPS) is 32.5. The molecule has 6 nitrogen and oxygen atoms in total. The van der Waals surface area contributed by atoms with Crippen LogP contribution in [0, 0.1) is 5.92 Å². The van der Waals surface area contributed by atoms with Crippen molar-refractivity contribution >= 4 is 12.2 Å². The Morgan fingerprint density at radius 3 is 2.29 bits per heavy atom. The average Bonchev–Trinajstić information content (AvgIpc) is 2.95. The van der Waals surface area contributed by atoms with Crippen molar-refractivity contribution in [1.82, 2.24) is 10.2 Å². The lowest BCUT2D eigenvalue weighted by molar-refractivity contribution is -0.0743. The fourth-order valence-corrected chi connectivity index (χ4v) is 4.13. The molecule has 2 amide bonds. The minimum atomic E-state index is -0.514. The maximum absolute atomic E-state index is 12.5. The highest BCUT2D eigenvalue weighted by Gasteiger charge is 2.44. The standard InChI is InChI=1S/C18H30N2O4/c1-17(2,3)23-15(21)19-14-7-11-20(12-14)16(22)24-18-8-4-13(5-9-18)6-10-18/h13-14H,4-12H2,1-3H3,(H,19,21)/t13?,14-,18?/m1/s1. The largest absolute Gasteiger partial charge is 0.444 e. The van der Waals surface area contributed by atoms with Gasteiger partial charge >= 0.3 is 12.2 Å². The van der Waals surface area contributed by atoms with Gasteiger partial charge in [0.25, 0.3) is 0 Å². The summed E-state index contributed by atoms with van der Waals surface area (Å²) < 4.78 is 11.2. The van der Waals surface area contributed by atoms with E-state index >= 15 is 0 Å². The molecule has 0 radical (unpaired) electrons. The smallest absolute Gasteiger partial charge is 0.410 e. The van der Waals surface area contributed by atoms with Gasteiger partial charge in [-0.15, -0.1) is 0 Å². The van der Waals surface area contributed by atoms with E-state index in [2.05, 4.69) is 5.32 Å². The van der Waals surface area contributed by atoms with Gasteiger partial charge in [-0.25, -0.2) is 9.59 Å². The van der Waals surface area contributed by atoms with Gasteiger partial charge in [-0.3, -0.25) is 0 Å². The molecule has 2 bridgehead atoms. The molecule has 4 rings (SSSR count). The van der Waals surface area contributed by atoms with E-state index in [1.807, 2.05) is 20.8 Å². The molecule has 0 aromatic carbocycles. The number of fused-ring (bicyclic) bond motifs is 3. The number of nitrogens with one attached hydrogen (secondary N) is 1. The second-order valence-corrected chi connectivity index (χ2v) is 8.61. The number of carbonyl (C=O) groups excluding carboxylic acids is 2. The number of hydrogen-bond donors (Lipinski definition) is 1. The van der Waals surface area contributed by atoms with Gasteiger partial charge in [0.2, 0.25) is 0 Å². The molecule has 0 spiro atoms. The maximum atomic E-state index is 12.5. The Labute approximate surface area is 144 Å². The Hall–Kier alpha value is -1.46. The predicted molar refractivity (Wildman–Crippen MR) is 89.8 cm³/mol. The molecule has 4 fully saturated rings. The van der Waals surface area contributed by atoms with Gasteiger partial charge in [-0.1, -0.05) is 0 Å². The number of amides is 2. The van der Waals surface area contributed by atoms with Crippen LogP contribution in [0.15, 0.2) is 0 Å². The van der Waals surface area contributed by atoms with Crippen molar-refractivity contribution < 1.29 is 19.1 Å². The summed E-state index contributed by atoms with van der Waals surface area (Å²) in [6.45, 7) is 6.63. The van der Waals surface area contributed by atoms with E-state index in [-0.39, 0.29) is 17.7 Å². The summed E-state index contributed by atoms with van der Waals surface area (Å²) in [4.78, 5) is 26.1. The van der Waals surface area contributed by atoms with Crippen molar-refractivity contribution in [2.45, 2.75) is 83.0 Å². The molecule has 1 heterocycles. The number of ether oxygens (including phenoxy) is 2. The summed E-state index contributed by atoms with van der Waals surface area (Å²) >= 11 is 0. The Balaban J connectivity index is 1.46. The highest BCUT2D eigenvalue weighted by atomic mass is 16.6. The number of nitrogens with zero attached hydrogens (tertiary/aromatic N) is 1. The molecule has 136 valence electrons. The van der Waals surface area contributed by atoms with Crippen LogP contribution in [0.4, 0.5) is 9.59 Å². The van der Waals surface area contributed by atoms with Gasteiger partial charge in [0.15, 0.2) is 0 Å². The van der Waals surface area contributed by atoms with Crippen molar-refractivity contribution in [3.05, 3.63) is 0 Å². The molecule has 3 aliphatic carbocycles. The van der Waals surface area contributed by atoms with Crippen LogP contribution in [0.25, 0.3) is 0 Å². The third-order valence-electron chi connectivity index (χ3n) is 5.50. The minimum Gasteiger partial charge on any atom is -0.444 e. The van der Waals surface area contributed by atoms with Gasteiger partial charge in [0.1, 0.15) is 11.2 Å². The number of alkyl carbamates (subject to hydrolysis) is 1. The SMILES string of the molecule is CC(C)(C)OC(=O)N[C@@H]1CCN(C(=O)OC23CCC(CC2)CC3)C1. The highest BCUT2D eigenvalue weighted by molar-refractivity contribution is 5.70. The Kier molecular flexibility index (Phi) is 4.67. The molecule has 0 unspecified atom stereocenters. The molecule has 1 atom stereocenters. The molecule has 0 aromatic rings. The topological polar surface area (TPSA) is 67.9 Å². The van der Waals surface area contributed by atoms with Crippen LogP contribution >= 0.6 is 0 Å². The molecular formula is C18H30N2O4. The molecule has 1 saturated heterocycles. The van der Waals surface area contributed by atoms with Crippen LogP contribution in [-0.2, 0) is 9.47 Å². The molecule has 1 N–H and O–H groups in total. The summed E-state index contributed by atoms with van der Waals surface area (Å²) in [7, 11) is 0. The first-order valence-electron chi connectivity index (χ1n) is 9.22. The van der Waals surface area contributed by atoms with E-state index in [4.69, 9.17) is 9.47 Å². The van der Waals surface area contributed by atoms with Crippen LogP contribution < -0.4 is 5.32 Å². The van der Waals surface area contributed by atoms with Crippen LogP contribution in [0.5, 0.6) is 0 Å². The predicted octanol–water partition coefficient (Wildman–Crippen LogP) is 3.44. The Bertz CT molecular complexity index is 478. The van der Waals surface area contributed by atoms with E-state index in [9.17, 15) is 9.59 Å². The van der Waals surface area contributed by atoms with E-state index < -0.39 is 11.7 Å². The summed E-state index contributed by atoms with van der Waals surface area (Å²) in [5.41, 5.74) is -0.733. The minimum absolute atomic E-state index is 0.0630. The van der Waals surface area contributed by atoms with Crippen molar-refractivity contribution in [3.63, 3.8) is 0 Å². The van der Waals surface area contributed by atoms with Gasteiger partial charge < -0.3 is 19.7 Å². The molecule has 1 aliphatic heterocycles. The van der Waals surface area contributed by atoms with E-state index in [1.165, 1.54) is 19.3 Å². The van der Waals surface area contributed by atoms with Crippen molar-refractivity contribution in [2.75, 3.05) is 13.1 Å². The summed E-state index contributed by atoms with van der Waals surface area (Å²) in [5, 5.41) is 2.84. The van der Waals surface area contributed by atoms with E-state index in [0.29, 0.717) is 13.1 Å². The molecule has 0 aromatic heterocycles. The molecular weight excluding hydrogens is 308 g/mol. The zero-order valence-electron chi connectivity index (χ0n) is 15.1. The molecule has 4 aliphatic rings. The number of carbonyl (C=O) groups is 2. The average molecular weight is 338 g/mol. The van der Waals surface area contributed by atoms with Crippen molar-refractivity contribution in [3.8, 4) is 0 Å². The van der Waals surface area contributed by atoms with Crippen LogP contribution in [0.2, 0.25) is 0 Å². The summed E-state index contributed by atoms with van der Waals surface area (Å²) in [6.07, 6.45) is 6.70. The molecule has 3 saturated carbocycles. The van der Waals surface area contributed by atoms with Crippen LogP contribution in [-0.4, -0.2) is 47.4 Å². The maximum Gasteiger partial charge on any atom is 0.410 e. The lowest BCUT2D eigenvalue weighted by Gasteiger charge is -2.46. The first-order chi connectivity index (χ1) is 11.2. The summed E-state index contributed by atoms with van der Waals surface area (Å²) in [5.74, 6) is 0.847. The fraction of sp³-hybridized carbons (Fsp3) is 0.889. The number of likely N-dealkylation sites (tertiary alicyclic amines) is 1. The zero-order chi connectivity index (χ0) is 17.4. The fourth-order valence-electron chi connectivity index (χ4n) is 4.13.